The van der Waals surface area contributed by atoms with Crippen LogP contribution in [0.2, 0.25) is 0 Å². The Morgan fingerprint density at radius 3 is 2.75 bits per heavy atom. The highest BCUT2D eigenvalue weighted by Crippen LogP contribution is 2.31. The van der Waals surface area contributed by atoms with E-state index in [9.17, 15) is 9.59 Å². The Kier molecular flexibility index (Phi) is 4.69. The largest absolute Gasteiger partial charge is 0.334 e. The molecule has 3 rings (SSSR count). The van der Waals surface area contributed by atoms with E-state index in [4.69, 9.17) is 0 Å². The summed E-state index contributed by atoms with van der Waals surface area (Å²) < 4.78 is 0. The molecular formula is C13H14IN3O2S. The molecule has 1 atom stereocenters. The Balaban J connectivity index is 0.00000147. The van der Waals surface area contributed by atoms with Crippen LogP contribution in [0.15, 0.2) is 29.3 Å². The fourth-order valence-electron chi connectivity index (χ4n) is 2.37. The van der Waals surface area contributed by atoms with Crippen LogP contribution < -0.4 is 5.32 Å². The van der Waals surface area contributed by atoms with Gasteiger partial charge in [-0.1, -0.05) is 30.0 Å². The third-order valence-electron chi connectivity index (χ3n) is 3.30. The molecule has 2 heterocycles. The van der Waals surface area contributed by atoms with E-state index in [1.54, 1.807) is 0 Å². The molecule has 1 saturated heterocycles. The second-order valence-electron chi connectivity index (χ2n) is 4.49. The van der Waals surface area contributed by atoms with E-state index in [2.05, 4.69) is 10.3 Å². The molecule has 20 heavy (non-hydrogen) atoms. The van der Waals surface area contributed by atoms with Crippen LogP contribution in [0.4, 0.5) is 5.69 Å². The van der Waals surface area contributed by atoms with Gasteiger partial charge in [0.05, 0.1) is 12.1 Å². The van der Waals surface area contributed by atoms with Gasteiger partial charge in [-0.2, -0.15) is 0 Å². The van der Waals surface area contributed by atoms with Crippen LogP contribution in [0.25, 0.3) is 0 Å². The number of rotatable bonds is 1. The maximum absolute atomic E-state index is 11.8. The van der Waals surface area contributed by atoms with Gasteiger partial charge in [0.1, 0.15) is 6.04 Å². The number of hydrogen-bond donors (Lipinski definition) is 1. The molecule has 2 aliphatic heterocycles. The lowest BCUT2D eigenvalue weighted by atomic mass is 10.1. The van der Waals surface area contributed by atoms with Crippen molar-refractivity contribution in [1.82, 2.24) is 10.2 Å². The molecule has 1 N–H and O–H groups in total. The average molecular weight is 403 g/mol. The molecule has 1 unspecified atom stereocenters. The lowest BCUT2D eigenvalue weighted by Gasteiger charge is -2.32. The fourth-order valence-corrected chi connectivity index (χ4v) is 2.99. The van der Waals surface area contributed by atoms with Gasteiger partial charge < -0.3 is 4.90 Å². The highest BCUT2D eigenvalue weighted by molar-refractivity contribution is 14.0. The standard InChI is InChI=1S/C13H13N3O2S.HI/c1-19-13-14-9-5-3-2-4-8(9)7-16(13)10-6-11(17)15-12(10)18;/h2-5,10H,6-7H2,1H3,(H,15,17,18);1H. The molecule has 1 aromatic rings. The van der Waals surface area contributed by atoms with Gasteiger partial charge in [0.15, 0.2) is 5.17 Å². The van der Waals surface area contributed by atoms with Crippen LogP contribution in [0.3, 0.4) is 0 Å². The van der Waals surface area contributed by atoms with Gasteiger partial charge in [0.25, 0.3) is 0 Å². The van der Waals surface area contributed by atoms with Gasteiger partial charge in [-0.25, -0.2) is 4.99 Å². The van der Waals surface area contributed by atoms with E-state index in [-0.39, 0.29) is 42.2 Å². The van der Waals surface area contributed by atoms with E-state index in [0.717, 1.165) is 16.4 Å². The number of aliphatic imine (C=N–C) groups is 1. The van der Waals surface area contributed by atoms with Crippen molar-refractivity contribution in [3.63, 3.8) is 0 Å². The normalized spacial score (nSPS) is 20.9. The minimum atomic E-state index is -0.438. The summed E-state index contributed by atoms with van der Waals surface area (Å²) in [5, 5.41) is 3.13. The Morgan fingerprint density at radius 1 is 1.35 bits per heavy atom. The van der Waals surface area contributed by atoms with Gasteiger partial charge in [-0.15, -0.1) is 24.0 Å². The van der Waals surface area contributed by atoms with Gasteiger partial charge in [-0.05, 0) is 17.9 Å². The van der Waals surface area contributed by atoms with E-state index < -0.39 is 6.04 Å². The maximum atomic E-state index is 11.8. The summed E-state index contributed by atoms with van der Waals surface area (Å²) in [6.45, 7) is 0.612. The number of nitrogens with one attached hydrogen (secondary N) is 1. The number of nitrogens with zero attached hydrogens (tertiary/aromatic N) is 2. The first-order valence-corrected chi connectivity index (χ1v) is 7.22. The molecule has 0 saturated carbocycles. The first kappa shape index (κ1) is 15.3. The molecule has 2 amide bonds. The van der Waals surface area contributed by atoms with Gasteiger partial charge in [0.2, 0.25) is 11.8 Å². The van der Waals surface area contributed by atoms with E-state index in [0.29, 0.717) is 6.54 Å². The second-order valence-corrected chi connectivity index (χ2v) is 5.26. The number of para-hydroxylation sites is 1. The molecular weight excluding hydrogens is 389 g/mol. The Morgan fingerprint density at radius 2 is 2.10 bits per heavy atom. The molecule has 0 spiro atoms. The molecule has 0 bridgehead atoms. The lowest BCUT2D eigenvalue weighted by molar-refractivity contribution is -0.125. The predicted molar refractivity (Wildman–Crippen MR) is 89.6 cm³/mol. The summed E-state index contributed by atoms with van der Waals surface area (Å²) in [5.74, 6) is -0.444. The topological polar surface area (TPSA) is 61.8 Å². The highest BCUT2D eigenvalue weighted by atomic mass is 127. The molecule has 1 fully saturated rings. The zero-order valence-corrected chi connectivity index (χ0v) is 14.0. The first-order valence-electron chi connectivity index (χ1n) is 6.00. The summed E-state index contributed by atoms with van der Waals surface area (Å²) in [6.07, 6.45) is 2.13. The first-order chi connectivity index (χ1) is 9.19. The van der Waals surface area contributed by atoms with Crippen LogP contribution in [0.1, 0.15) is 12.0 Å². The summed E-state index contributed by atoms with van der Waals surface area (Å²) in [5.41, 5.74) is 2.01. The average Bonchev–Trinajstić information content (AvgIpc) is 2.76. The van der Waals surface area contributed by atoms with Crippen molar-refractivity contribution < 1.29 is 9.59 Å². The summed E-state index contributed by atoms with van der Waals surface area (Å²) in [7, 11) is 0. The minimum absolute atomic E-state index is 0. The summed E-state index contributed by atoms with van der Waals surface area (Å²) >= 11 is 1.49. The number of fused-ring (bicyclic) bond motifs is 1. The summed E-state index contributed by atoms with van der Waals surface area (Å²) in [6, 6.07) is 7.42. The van der Waals surface area contributed by atoms with Crippen molar-refractivity contribution >= 4 is 58.4 Å². The third-order valence-corrected chi connectivity index (χ3v) is 3.99. The van der Waals surface area contributed by atoms with Crippen LogP contribution in [0, 0.1) is 0 Å². The SMILES string of the molecule is CSC1=Nc2ccccc2CN1C1CC(=O)NC1=O.I. The number of hydrogen-bond acceptors (Lipinski definition) is 5. The monoisotopic (exact) mass is 403 g/mol. The molecule has 0 aliphatic carbocycles. The number of amides is 2. The van der Waals surface area contributed by atoms with Crippen LogP contribution >= 0.6 is 35.7 Å². The quantitative estimate of drug-likeness (QED) is 0.575. The fraction of sp³-hybridized carbons (Fsp3) is 0.308. The Bertz CT molecular complexity index is 591. The third kappa shape index (κ3) is 2.69. The van der Waals surface area contributed by atoms with Crippen molar-refractivity contribution in [2.24, 2.45) is 4.99 Å². The van der Waals surface area contributed by atoms with Crippen molar-refractivity contribution in [2.75, 3.05) is 6.26 Å². The van der Waals surface area contributed by atoms with Gasteiger partial charge in [-0.3, -0.25) is 14.9 Å². The molecule has 0 radical (unpaired) electrons. The van der Waals surface area contributed by atoms with E-state index >= 15 is 0 Å². The second kappa shape index (κ2) is 6.13. The number of amidine groups is 1. The molecule has 7 heteroatoms. The van der Waals surface area contributed by atoms with Gasteiger partial charge >= 0.3 is 0 Å². The number of carbonyl (C=O) groups excluding carboxylic acids is 2. The van der Waals surface area contributed by atoms with Gasteiger partial charge in [0, 0.05) is 6.54 Å². The zero-order valence-electron chi connectivity index (χ0n) is 10.8. The zero-order chi connectivity index (χ0) is 13.4. The van der Waals surface area contributed by atoms with Crippen LogP contribution in [-0.4, -0.2) is 34.2 Å². The number of thioether (sulfide) groups is 1. The number of benzene rings is 1. The van der Waals surface area contributed by atoms with Crippen molar-refractivity contribution in [3.05, 3.63) is 29.8 Å². The summed E-state index contributed by atoms with van der Waals surface area (Å²) in [4.78, 5) is 29.6. The Hall–Kier alpha value is -1.09. The maximum Gasteiger partial charge on any atom is 0.249 e. The van der Waals surface area contributed by atoms with Crippen LogP contribution in [-0.2, 0) is 16.1 Å². The molecule has 5 nitrogen and oxygen atoms in total. The smallest absolute Gasteiger partial charge is 0.249 e. The van der Waals surface area contributed by atoms with Crippen molar-refractivity contribution in [2.45, 2.75) is 19.0 Å². The highest BCUT2D eigenvalue weighted by Gasteiger charge is 2.38. The molecule has 0 aromatic heterocycles. The Labute approximate surface area is 138 Å². The molecule has 2 aliphatic rings. The molecule has 106 valence electrons. The van der Waals surface area contributed by atoms with E-state index in [1.165, 1.54) is 11.8 Å². The number of carbonyl (C=O) groups is 2. The van der Waals surface area contributed by atoms with Crippen molar-refractivity contribution in [3.8, 4) is 0 Å². The van der Waals surface area contributed by atoms with Crippen molar-refractivity contribution in [1.29, 1.82) is 0 Å². The predicted octanol–water partition coefficient (Wildman–Crippen LogP) is 1.89. The van der Waals surface area contributed by atoms with Crippen LogP contribution in [0.5, 0.6) is 0 Å². The molecule has 1 aromatic carbocycles. The van der Waals surface area contributed by atoms with E-state index in [1.807, 2.05) is 35.4 Å². The minimum Gasteiger partial charge on any atom is -0.334 e. The lowest BCUT2D eigenvalue weighted by Crippen LogP contribution is -2.43. The number of halogens is 1. The number of imide groups is 1.